The van der Waals surface area contributed by atoms with Gasteiger partial charge in [-0.25, -0.2) is 0 Å². The van der Waals surface area contributed by atoms with Gasteiger partial charge in [0.15, 0.2) is 0 Å². The van der Waals surface area contributed by atoms with E-state index < -0.39 is 0 Å². The highest BCUT2D eigenvalue weighted by atomic mass is 16.1. The number of carbonyl (C=O) groups excluding carboxylic acids is 1. The van der Waals surface area contributed by atoms with Crippen LogP contribution in [0.25, 0.3) is 0 Å². The van der Waals surface area contributed by atoms with Crippen LogP contribution in [0.1, 0.15) is 48.3 Å². The Morgan fingerprint density at radius 3 is 2.61 bits per heavy atom. The summed E-state index contributed by atoms with van der Waals surface area (Å²) in [5.74, 6) is -0.125. The molecule has 1 aromatic heterocycles. The first-order valence-electron chi connectivity index (χ1n) is 8.31. The molecule has 3 rings (SSSR count). The number of hydrogen-bond donors (Lipinski definition) is 1. The van der Waals surface area contributed by atoms with Crippen molar-refractivity contribution in [2.45, 2.75) is 32.2 Å². The fourth-order valence-electron chi connectivity index (χ4n) is 2.99. The molecule has 1 unspecified atom stereocenters. The minimum absolute atomic E-state index is 0.0378. The van der Waals surface area contributed by atoms with Crippen LogP contribution in [-0.2, 0) is 0 Å². The van der Waals surface area contributed by atoms with E-state index in [1.165, 1.54) is 19.3 Å². The van der Waals surface area contributed by atoms with Crippen LogP contribution in [0.5, 0.6) is 0 Å². The number of benzene rings is 1. The van der Waals surface area contributed by atoms with E-state index in [1.54, 1.807) is 6.20 Å². The van der Waals surface area contributed by atoms with Crippen LogP contribution in [-0.4, -0.2) is 24.0 Å². The van der Waals surface area contributed by atoms with Gasteiger partial charge in [-0.15, -0.1) is 0 Å². The number of nitrogens with one attached hydrogen (secondary N) is 1. The first-order valence-corrected chi connectivity index (χ1v) is 8.31. The summed E-state index contributed by atoms with van der Waals surface area (Å²) >= 11 is 0. The SMILES string of the molecule is CC(NC(=O)c1cc(N2CCCCC2)ccn1)c1ccccc1. The molecule has 1 aromatic carbocycles. The summed E-state index contributed by atoms with van der Waals surface area (Å²) < 4.78 is 0. The lowest BCUT2D eigenvalue weighted by molar-refractivity contribution is 0.0935. The largest absolute Gasteiger partial charge is 0.371 e. The second-order valence-corrected chi connectivity index (χ2v) is 6.05. The van der Waals surface area contributed by atoms with Gasteiger partial charge in [0, 0.05) is 25.0 Å². The highest BCUT2D eigenvalue weighted by molar-refractivity contribution is 5.93. The number of anilines is 1. The molecule has 1 aliphatic rings. The average Bonchev–Trinajstić information content (AvgIpc) is 2.63. The smallest absolute Gasteiger partial charge is 0.270 e. The van der Waals surface area contributed by atoms with Crippen LogP contribution in [0.2, 0.25) is 0 Å². The van der Waals surface area contributed by atoms with Crippen molar-refractivity contribution in [3.8, 4) is 0 Å². The zero-order chi connectivity index (χ0) is 16.1. The molecule has 1 amide bonds. The molecule has 0 radical (unpaired) electrons. The van der Waals surface area contributed by atoms with Crippen molar-refractivity contribution in [1.29, 1.82) is 0 Å². The summed E-state index contributed by atoms with van der Waals surface area (Å²) in [6.07, 6.45) is 5.46. The second kappa shape index (κ2) is 7.27. The summed E-state index contributed by atoms with van der Waals surface area (Å²) in [5, 5.41) is 3.02. The molecule has 0 saturated carbocycles. The molecule has 1 N–H and O–H groups in total. The van der Waals surface area contributed by atoms with E-state index in [-0.39, 0.29) is 11.9 Å². The molecule has 2 aromatic rings. The van der Waals surface area contributed by atoms with Crippen LogP contribution >= 0.6 is 0 Å². The predicted octanol–water partition coefficient (Wildman–Crippen LogP) is 3.56. The maximum atomic E-state index is 12.5. The van der Waals surface area contributed by atoms with Crippen molar-refractivity contribution in [1.82, 2.24) is 10.3 Å². The molecular formula is C19H23N3O. The highest BCUT2D eigenvalue weighted by Gasteiger charge is 2.16. The Kier molecular flexibility index (Phi) is 4.91. The van der Waals surface area contributed by atoms with Gasteiger partial charge >= 0.3 is 0 Å². The average molecular weight is 309 g/mol. The summed E-state index contributed by atoms with van der Waals surface area (Å²) in [7, 11) is 0. The zero-order valence-corrected chi connectivity index (χ0v) is 13.5. The van der Waals surface area contributed by atoms with E-state index in [4.69, 9.17) is 0 Å². The molecule has 0 spiro atoms. The number of nitrogens with zero attached hydrogens (tertiary/aromatic N) is 2. The molecule has 1 saturated heterocycles. The van der Waals surface area contributed by atoms with Crippen molar-refractivity contribution in [2.24, 2.45) is 0 Å². The fraction of sp³-hybridized carbons (Fsp3) is 0.368. The number of amides is 1. The van der Waals surface area contributed by atoms with E-state index in [0.717, 1.165) is 24.3 Å². The van der Waals surface area contributed by atoms with E-state index in [2.05, 4.69) is 15.2 Å². The minimum atomic E-state index is -0.125. The van der Waals surface area contributed by atoms with Crippen LogP contribution in [0.3, 0.4) is 0 Å². The van der Waals surface area contributed by atoms with Gasteiger partial charge in [-0.3, -0.25) is 9.78 Å². The quantitative estimate of drug-likeness (QED) is 0.939. The van der Waals surface area contributed by atoms with Gasteiger partial charge in [-0.1, -0.05) is 30.3 Å². The van der Waals surface area contributed by atoms with E-state index >= 15 is 0 Å². The second-order valence-electron chi connectivity index (χ2n) is 6.05. The van der Waals surface area contributed by atoms with Gasteiger partial charge in [0.05, 0.1) is 6.04 Å². The lowest BCUT2D eigenvalue weighted by Gasteiger charge is -2.28. The standard InChI is InChI=1S/C19H23N3O/c1-15(16-8-4-2-5-9-16)21-19(23)18-14-17(10-11-20-18)22-12-6-3-7-13-22/h2,4-5,8-11,14-15H,3,6-7,12-13H2,1H3,(H,21,23). The van der Waals surface area contributed by atoms with Gasteiger partial charge in [0.1, 0.15) is 5.69 Å². The third-order valence-corrected chi connectivity index (χ3v) is 4.34. The maximum absolute atomic E-state index is 12.5. The number of pyridine rings is 1. The molecule has 0 bridgehead atoms. The van der Waals surface area contributed by atoms with Crippen LogP contribution in [0.4, 0.5) is 5.69 Å². The Morgan fingerprint density at radius 2 is 1.87 bits per heavy atom. The maximum Gasteiger partial charge on any atom is 0.270 e. The van der Waals surface area contributed by atoms with Gasteiger partial charge in [-0.2, -0.15) is 0 Å². The van der Waals surface area contributed by atoms with Crippen molar-refractivity contribution < 1.29 is 4.79 Å². The van der Waals surface area contributed by atoms with Gasteiger partial charge in [0.25, 0.3) is 5.91 Å². The molecule has 0 aliphatic carbocycles. The van der Waals surface area contributed by atoms with Crippen LogP contribution in [0, 0.1) is 0 Å². The van der Waals surface area contributed by atoms with Crippen molar-refractivity contribution in [3.05, 3.63) is 59.9 Å². The van der Waals surface area contributed by atoms with Crippen molar-refractivity contribution in [2.75, 3.05) is 18.0 Å². The first kappa shape index (κ1) is 15.5. The third kappa shape index (κ3) is 3.89. The zero-order valence-electron chi connectivity index (χ0n) is 13.5. The Balaban J connectivity index is 1.69. The molecule has 4 heteroatoms. The molecule has 23 heavy (non-hydrogen) atoms. The summed E-state index contributed by atoms with van der Waals surface area (Å²) in [4.78, 5) is 19.0. The summed E-state index contributed by atoms with van der Waals surface area (Å²) in [5.41, 5.74) is 2.67. The topological polar surface area (TPSA) is 45.2 Å². The number of aromatic nitrogens is 1. The Bertz CT molecular complexity index is 651. The Morgan fingerprint density at radius 1 is 1.13 bits per heavy atom. The van der Waals surface area contributed by atoms with Gasteiger partial charge in [-0.05, 0) is 43.9 Å². The third-order valence-electron chi connectivity index (χ3n) is 4.34. The Hall–Kier alpha value is -2.36. The first-order chi connectivity index (χ1) is 11.2. The van der Waals surface area contributed by atoms with Crippen molar-refractivity contribution >= 4 is 11.6 Å². The normalized spacial score (nSPS) is 16.0. The van der Waals surface area contributed by atoms with E-state index in [1.807, 2.05) is 49.4 Å². The van der Waals surface area contributed by atoms with E-state index in [0.29, 0.717) is 5.69 Å². The van der Waals surface area contributed by atoms with Gasteiger partial charge < -0.3 is 10.2 Å². The predicted molar refractivity (Wildman–Crippen MR) is 92.6 cm³/mol. The highest BCUT2D eigenvalue weighted by Crippen LogP contribution is 2.20. The summed E-state index contributed by atoms with van der Waals surface area (Å²) in [6.45, 7) is 4.11. The molecule has 1 fully saturated rings. The summed E-state index contributed by atoms with van der Waals surface area (Å²) in [6, 6.07) is 13.8. The number of hydrogen-bond acceptors (Lipinski definition) is 3. The number of rotatable bonds is 4. The fourth-order valence-corrected chi connectivity index (χ4v) is 2.99. The molecule has 4 nitrogen and oxygen atoms in total. The molecule has 1 atom stereocenters. The van der Waals surface area contributed by atoms with Crippen LogP contribution in [0.15, 0.2) is 48.7 Å². The van der Waals surface area contributed by atoms with Gasteiger partial charge in [0.2, 0.25) is 0 Å². The van der Waals surface area contributed by atoms with E-state index in [9.17, 15) is 4.79 Å². The van der Waals surface area contributed by atoms with Crippen LogP contribution < -0.4 is 10.2 Å². The molecule has 1 aliphatic heterocycles. The molecule has 120 valence electrons. The minimum Gasteiger partial charge on any atom is -0.371 e. The number of piperidine rings is 1. The lowest BCUT2D eigenvalue weighted by atomic mass is 10.1. The number of carbonyl (C=O) groups is 1. The molecule has 2 heterocycles. The lowest BCUT2D eigenvalue weighted by Crippen LogP contribution is -2.30. The Labute approximate surface area is 137 Å². The monoisotopic (exact) mass is 309 g/mol. The molecular weight excluding hydrogens is 286 g/mol. The van der Waals surface area contributed by atoms with Crippen molar-refractivity contribution in [3.63, 3.8) is 0 Å².